The van der Waals surface area contributed by atoms with Gasteiger partial charge in [-0.2, -0.15) is 0 Å². The second-order valence-corrected chi connectivity index (χ2v) is 4.70. The largest absolute Gasteiger partial charge is 0.487 e. The minimum Gasteiger partial charge on any atom is -0.487 e. The highest BCUT2D eigenvalue weighted by Gasteiger charge is 2.03. The van der Waals surface area contributed by atoms with Gasteiger partial charge in [-0.15, -0.1) is 0 Å². The Balaban J connectivity index is 1.86. The minimum atomic E-state index is -0.869. The second kappa shape index (κ2) is 7.69. The predicted octanol–water partition coefficient (Wildman–Crippen LogP) is 3.44. The lowest BCUT2D eigenvalue weighted by Crippen LogP contribution is -2.14. The standard InChI is InChI=1S/C16H18F2N2O/c1-2-7-19-9-13-4-5-14(10-20-13)21-11-12-3-6-15(17)16(18)8-12/h3-6,8,10,19H,2,7,9,11H2,1H3. The Morgan fingerprint density at radius 1 is 1.14 bits per heavy atom. The zero-order valence-corrected chi connectivity index (χ0v) is 11.9. The number of nitrogens with one attached hydrogen (secondary N) is 1. The second-order valence-electron chi connectivity index (χ2n) is 4.70. The summed E-state index contributed by atoms with van der Waals surface area (Å²) in [6, 6.07) is 7.41. The normalized spacial score (nSPS) is 10.6. The van der Waals surface area contributed by atoms with E-state index in [9.17, 15) is 8.78 Å². The summed E-state index contributed by atoms with van der Waals surface area (Å²) < 4.78 is 31.4. The topological polar surface area (TPSA) is 34.1 Å². The quantitative estimate of drug-likeness (QED) is 0.794. The van der Waals surface area contributed by atoms with E-state index in [-0.39, 0.29) is 6.61 Å². The number of hydrogen-bond acceptors (Lipinski definition) is 3. The van der Waals surface area contributed by atoms with Crippen LogP contribution in [-0.4, -0.2) is 11.5 Å². The first-order chi connectivity index (χ1) is 10.2. The molecule has 21 heavy (non-hydrogen) atoms. The van der Waals surface area contributed by atoms with Gasteiger partial charge >= 0.3 is 0 Å². The van der Waals surface area contributed by atoms with Gasteiger partial charge in [0.05, 0.1) is 11.9 Å². The number of halogens is 2. The molecule has 0 aliphatic rings. The Bertz CT molecular complexity index is 573. The molecule has 0 bridgehead atoms. The predicted molar refractivity (Wildman–Crippen MR) is 76.9 cm³/mol. The van der Waals surface area contributed by atoms with Gasteiger partial charge < -0.3 is 10.1 Å². The van der Waals surface area contributed by atoms with Gasteiger partial charge in [0.25, 0.3) is 0 Å². The molecule has 0 unspecified atom stereocenters. The van der Waals surface area contributed by atoms with Crippen LogP contribution in [0.4, 0.5) is 8.78 Å². The first kappa shape index (κ1) is 15.4. The molecule has 0 amide bonds. The Morgan fingerprint density at radius 2 is 2.00 bits per heavy atom. The van der Waals surface area contributed by atoms with Crippen molar-refractivity contribution in [3.05, 3.63) is 59.4 Å². The van der Waals surface area contributed by atoms with Crippen LogP contribution in [0.2, 0.25) is 0 Å². The van der Waals surface area contributed by atoms with E-state index < -0.39 is 11.6 Å². The van der Waals surface area contributed by atoms with Crippen molar-refractivity contribution in [3.8, 4) is 5.75 Å². The summed E-state index contributed by atoms with van der Waals surface area (Å²) >= 11 is 0. The third-order valence-electron chi connectivity index (χ3n) is 2.92. The van der Waals surface area contributed by atoms with Gasteiger partial charge in [0.2, 0.25) is 0 Å². The number of benzene rings is 1. The fourth-order valence-electron chi connectivity index (χ4n) is 1.79. The summed E-state index contributed by atoms with van der Waals surface area (Å²) in [4.78, 5) is 4.27. The van der Waals surface area contributed by atoms with E-state index in [0.717, 1.165) is 37.3 Å². The number of pyridine rings is 1. The molecule has 3 nitrogen and oxygen atoms in total. The minimum absolute atomic E-state index is 0.173. The number of ether oxygens (including phenoxy) is 1. The number of aromatic nitrogens is 1. The summed E-state index contributed by atoms with van der Waals surface area (Å²) in [6.45, 7) is 3.95. The zero-order chi connectivity index (χ0) is 15.1. The number of rotatable bonds is 7. The van der Waals surface area contributed by atoms with Crippen molar-refractivity contribution in [2.75, 3.05) is 6.54 Å². The summed E-state index contributed by atoms with van der Waals surface area (Å²) in [5, 5.41) is 3.26. The summed E-state index contributed by atoms with van der Waals surface area (Å²) in [7, 11) is 0. The first-order valence-electron chi connectivity index (χ1n) is 6.91. The van der Waals surface area contributed by atoms with Crippen LogP contribution < -0.4 is 10.1 Å². The lowest BCUT2D eigenvalue weighted by molar-refractivity contribution is 0.303. The van der Waals surface area contributed by atoms with Crippen LogP contribution in [0.3, 0.4) is 0 Å². The van der Waals surface area contributed by atoms with Gasteiger partial charge in [0, 0.05) is 6.54 Å². The highest BCUT2D eigenvalue weighted by molar-refractivity contribution is 5.22. The highest BCUT2D eigenvalue weighted by atomic mass is 19.2. The molecule has 0 aliphatic carbocycles. The van der Waals surface area contributed by atoms with E-state index >= 15 is 0 Å². The Labute approximate surface area is 123 Å². The van der Waals surface area contributed by atoms with Crippen LogP contribution in [0, 0.1) is 11.6 Å². The van der Waals surface area contributed by atoms with Crippen molar-refractivity contribution in [3.63, 3.8) is 0 Å². The van der Waals surface area contributed by atoms with Crippen molar-refractivity contribution < 1.29 is 13.5 Å². The maximum Gasteiger partial charge on any atom is 0.159 e. The third-order valence-corrected chi connectivity index (χ3v) is 2.92. The van der Waals surface area contributed by atoms with Crippen LogP contribution in [0.1, 0.15) is 24.6 Å². The third kappa shape index (κ3) is 4.79. The zero-order valence-electron chi connectivity index (χ0n) is 11.9. The SMILES string of the molecule is CCCNCc1ccc(OCc2ccc(F)c(F)c2)cn1. The van der Waals surface area contributed by atoms with Crippen molar-refractivity contribution in [2.24, 2.45) is 0 Å². The van der Waals surface area contributed by atoms with E-state index in [4.69, 9.17) is 4.74 Å². The molecule has 0 aliphatic heterocycles. The van der Waals surface area contributed by atoms with Gasteiger partial charge in [-0.25, -0.2) is 8.78 Å². The van der Waals surface area contributed by atoms with Crippen molar-refractivity contribution in [1.29, 1.82) is 0 Å². The molecule has 0 fully saturated rings. The molecule has 2 rings (SSSR count). The van der Waals surface area contributed by atoms with Crippen LogP contribution in [0.25, 0.3) is 0 Å². The monoisotopic (exact) mass is 292 g/mol. The van der Waals surface area contributed by atoms with Gasteiger partial charge in [-0.05, 0) is 42.8 Å². The molecule has 112 valence electrons. The molecule has 1 heterocycles. The average molecular weight is 292 g/mol. The van der Waals surface area contributed by atoms with E-state index in [2.05, 4.69) is 17.2 Å². The molecule has 5 heteroatoms. The lowest BCUT2D eigenvalue weighted by atomic mass is 10.2. The molecular weight excluding hydrogens is 274 g/mol. The highest BCUT2D eigenvalue weighted by Crippen LogP contribution is 2.14. The van der Waals surface area contributed by atoms with Crippen LogP contribution in [0.5, 0.6) is 5.75 Å². The van der Waals surface area contributed by atoms with Crippen LogP contribution in [-0.2, 0) is 13.2 Å². The maximum atomic E-state index is 13.1. The molecule has 2 aromatic rings. The maximum absolute atomic E-state index is 13.1. The van der Waals surface area contributed by atoms with E-state index in [1.54, 1.807) is 6.20 Å². The molecular formula is C16H18F2N2O. The summed E-state index contributed by atoms with van der Waals surface area (Å²) in [5.74, 6) is -1.13. The fourth-order valence-corrected chi connectivity index (χ4v) is 1.79. The van der Waals surface area contributed by atoms with Gasteiger partial charge in [0.15, 0.2) is 11.6 Å². The Hall–Kier alpha value is -2.01. The fraction of sp³-hybridized carbons (Fsp3) is 0.312. The smallest absolute Gasteiger partial charge is 0.159 e. The molecule has 1 aromatic heterocycles. The van der Waals surface area contributed by atoms with Crippen molar-refractivity contribution in [1.82, 2.24) is 10.3 Å². The molecule has 1 N–H and O–H groups in total. The van der Waals surface area contributed by atoms with Gasteiger partial charge in [-0.1, -0.05) is 13.0 Å². The number of nitrogens with zero attached hydrogens (tertiary/aromatic N) is 1. The lowest BCUT2D eigenvalue weighted by Gasteiger charge is -2.07. The average Bonchev–Trinajstić information content (AvgIpc) is 2.50. The van der Waals surface area contributed by atoms with E-state index in [0.29, 0.717) is 11.3 Å². The van der Waals surface area contributed by atoms with Crippen molar-refractivity contribution in [2.45, 2.75) is 26.5 Å². The van der Waals surface area contributed by atoms with Crippen LogP contribution >= 0.6 is 0 Å². The van der Waals surface area contributed by atoms with E-state index in [1.807, 2.05) is 12.1 Å². The summed E-state index contributed by atoms with van der Waals surface area (Å²) in [5.41, 5.74) is 1.51. The van der Waals surface area contributed by atoms with Crippen LogP contribution in [0.15, 0.2) is 36.5 Å². The molecule has 0 spiro atoms. The molecule has 0 atom stereocenters. The number of hydrogen-bond donors (Lipinski definition) is 1. The van der Waals surface area contributed by atoms with Crippen molar-refractivity contribution >= 4 is 0 Å². The van der Waals surface area contributed by atoms with Gasteiger partial charge in [0.1, 0.15) is 12.4 Å². The molecule has 0 saturated carbocycles. The van der Waals surface area contributed by atoms with E-state index in [1.165, 1.54) is 6.07 Å². The summed E-state index contributed by atoms with van der Waals surface area (Å²) in [6.07, 6.45) is 2.71. The van der Waals surface area contributed by atoms with Gasteiger partial charge in [-0.3, -0.25) is 4.98 Å². The Morgan fingerprint density at radius 3 is 2.67 bits per heavy atom. The first-order valence-corrected chi connectivity index (χ1v) is 6.91. The Kier molecular flexibility index (Phi) is 5.63. The molecule has 0 saturated heterocycles. The molecule has 1 aromatic carbocycles. The molecule has 0 radical (unpaired) electrons.